The molecule has 0 saturated heterocycles. The average Bonchev–Trinajstić information content (AvgIpc) is 3.29. The second-order valence-electron chi connectivity index (χ2n) is 8.50. The summed E-state index contributed by atoms with van der Waals surface area (Å²) in [5, 5.41) is 3.44. The van der Waals surface area contributed by atoms with E-state index in [0.717, 1.165) is 47.5 Å². The van der Waals surface area contributed by atoms with Crippen molar-refractivity contribution in [2.45, 2.75) is 25.7 Å². The van der Waals surface area contributed by atoms with Crippen molar-refractivity contribution >= 4 is 23.1 Å². The lowest BCUT2D eigenvalue weighted by Crippen LogP contribution is -2.21. The van der Waals surface area contributed by atoms with Gasteiger partial charge in [0.15, 0.2) is 0 Å². The molecule has 0 spiro atoms. The monoisotopic (exact) mass is 470 g/mol. The van der Waals surface area contributed by atoms with Gasteiger partial charge in [-0.05, 0) is 72.9 Å². The first-order valence-corrected chi connectivity index (χ1v) is 11.2. The quantitative estimate of drug-likeness (QED) is 0.397. The minimum Gasteiger partial charge on any atom is -0.383 e. The molecule has 1 aliphatic rings. The topological polar surface area (TPSA) is 129 Å². The third-order valence-corrected chi connectivity index (χ3v) is 5.94. The molecule has 2 aromatic heterocycles. The Bertz CT molecular complexity index is 1500. The number of aryl methyl sites for hydroxylation is 1. The van der Waals surface area contributed by atoms with Crippen LogP contribution in [0.1, 0.15) is 23.2 Å². The van der Waals surface area contributed by atoms with E-state index in [1.165, 1.54) is 29.0 Å². The summed E-state index contributed by atoms with van der Waals surface area (Å²) in [6, 6.07) is 15.2. The number of amides is 1. The summed E-state index contributed by atoms with van der Waals surface area (Å²) in [6.07, 6.45) is 4.36. The summed E-state index contributed by atoms with van der Waals surface area (Å²) in [6.45, 7) is 0. The molecule has 4 aromatic rings. The minimum atomic E-state index is -0.592. The minimum absolute atomic E-state index is 0.0986. The Hall–Kier alpha value is -4.53. The van der Waals surface area contributed by atoms with Crippen LogP contribution in [0.2, 0.25) is 0 Å². The molecular weight excluding hydrogens is 447 g/mol. The van der Waals surface area contributed by atoms with Gasteiger partial charge in [0.25, 0.3) is 0 Å². The molecule has 0 unspecified atom stereocenters. The molecule has 0 radical (unpaired) electrons. The number of nitrogens with zero attached hydrogens (tertiary/aromatic N) is 3. The molecule has 176 valence electrons. The zero-order valence-electron chi connectivity index (χ0n) is 18.8. The summed E-state index contributed by atoms with van der Waals surface area (Å²) in [7, 11) is 0. The number of carbonyl (C=O) groups is 1. The molecule has 5 rings (SSSR count). The predicted octanol–water partition coefficient (Wildman–Crippen LogP) is 3.28. The number of halogens is 1. The molecule has 9 heteroatoms. The summed E-state index contributed by atoms with van der Waals surface area (Å²) in [5.74, 6) is -0.779. The van der Waals surface area contributed by atoms with Crippen molar-refractivity contribution in [2.75, 3.05) is 11.1 Å². The van der Waals surface area contributed by atoms with E-state index in [9.17, 15) is 14.0 Å². The maximum atomic E-state index is 14.6. The summed E-state index contributed by atoms with van der Waals surface area (Å²) in [4.78, 5) is 32.0. The van der Waals surface area contributed by atoms with Crippen LogP contribution < -0.4 is 22.5 Å². The normalized spacial score (nSPS) is 12.4. The van der Waals surface area contributed by atoms with Crippen LogP contribution in [0.25, 0.3) is 16.9 Å². The van der Waals surface area contributed by atoms with Gasteiger partial charge in [-0.15, -0.1) is 0 Å². The second-order valence-corrected chi connectivity index (χ2v) is 8.50. The molecular formula is C26H23FN6O2. The lowest BCUT2D eigenvalue weighted by atomic mass is 10.1. The van der Waals surface area contributed by atoms with Gasteiger partial charge in [-0.25, -0.2) is 9.18 Å². The van der Waals surface area contributed by atoms with Crippen molar-refractivity contribution in [3.05, 3.63) is 93.9 Å². The number of primary amides is 1. The van der Waals surface area contributed by atoms with Crippen molar-refractivity contribution in [3.8, 4) is 16.9 Å². The number of anilines is 3. The molecule has 8 nitrogen and oxygen atoms in total. The number of aromatic nitrogens is 3. The Kier molecular flexibility index (Phi) is 5.74. The fraction of sp³-hybridized carbons (Fsp3) is 0.154. The van der Waals surface area contributed by atoms with Crippen LogP contribution in [-0.2, 0) is 24.1 Å². The SMILES string of the molecule is NC(=O)Cc1ccc(Nc2cc(-c3cc(F)cc(-n4ccc(N)nc4=O)c3)nc3c2CCC3)cc1. The standard InChI is InChI=1S/C26H23FN6O2/c27-17-11-16(12-19(13-17)33-9-8-24(28)32-26(33)35)22-14-23(20-2-1-3-21(20)31-22)30-18-6-4-15(5-7-18)10-25(29)34/h4-9,11-14H,1-3,10H2,(H2,29,34)(H,30,31)(H2,28,32,35). The van der Waals surface area contributed by atoms with E-state index in [1.807, 2.05) is 30.3 Å². The number of hydrogen-bond acceptors (Lipinski definition) is 6. The zero-order chi connectivity index (χ0) is 24.5. The number of nitrogens with one attached hydrogen (secondary N) is 1. The van der Waals surface area contributed by atoms with Crippen molar-refractivity contribution in [1.82, 2.24) is 14.5 Å². The van der Waals surface area contributed by atoms with E-state index in [1.54, 1.807) is 6.07 Å². The molecule has 0 atom stereocenters. The average molecular weight is 471 g/mol. The van der Waals surface area contributed by atoms with E-state index in [4.69, 9.17) is 16.5 Å². The highest BCUT2D eigenvalue weighted by molar-refractivity contribution is 5.77. The number of nitrogen functional groups attached to an aromatic ring is 1. The molecule has 1 amide bonds. The maximum Gasteiger partial charge on any atom is 0.354 e. The largest absolute Gasteiger partial charge is 0.383 e. The third-order valence-electron chi connectivity index (χ3n) is 5.94. The van der Waals surface area contributed by atoms with Crippen molar-refractivity contribution in [3.63, 3.8) is 0 Å². The van der Waals surface area contributed by atoms with E-state index in [-0.39, 0.29) is 18.1 Å². The van der Waals surface area contributed by atoms with Crippen LogP contribution in [-0.4, -0.2) is 20.4 Å². The van der Waals surface area contributed by atoms with Crippen LogP contribution in [0.3, 0.4) is 0 Å². The highest BCUT2D eigenvalue weighted by Crippen LogP contribution is 2.34. The van der Waals surface area contributed by atoms with Crippen LogP contribution in [0.5, 0.6) is 0 Å². The molecule has 35 heavy (non-hydrogen) atoms. The van der Waals surface area contributed by atoms with Crippen LogP contribution in [0, 0.1) is 5.82 Å². The second kappa shape index (κ2) is 9.02. The van der Waals surface area contributed by atoms with Gasteiger partial charge in [0.2, 0.25) is 5.91 Å². The van der Waals surface area contributed by atoms with E-state index in [2.05, 4.69) is 10.3 Å². The smallest absolute Gasteiger partial charge is 0.354 e. The van der Waals surface area contributed by atoms with Crippen molar-refractivity contribution in [1.29, 1.82) is 0 Å². The molecule has 5 N–H and O–H groups in total. The Balaban J connectivity index is 1.53. The van der Waals surface area contributed by atoms with E-state index >= 15 is 0 Å². The van der Waals surface area contributed by atoms with Gasteiger partial charge in [0, 0.05) is 28.8 Å². The van der Waals surface area contributed by atoms with Gasteiger partial charge in [0.05, 0.1) is 17.8 Å². The number of nitrogens with two attached hydrogens (primary N) is 2. The molecule has 1 aliphatic carbocycles. The molecule has 2 heterocycles. The number of hydrogen-bond donors (Lipinski definition) is 3. The summed E-state index contributed by atoms with van der Waals surface area (Å²) >= 11 is 0. The number of rotatable bonds is 6. The van der Waals surface area contributed by atoms with Gasteiger partial charge >= 0.3 is 5.69 Å². The fourth-order valence-electron chi connectivity index (χ4n) is 4.34. The molecule has 2 aromatic carbocycles. The van der Waals surface area contributed by atoms with Gasteiger partial charge in [-0.1, -0.05) is 12.1 Å². The molecule has 0 bridgehead atoms. The highest BCUT2D eigenvalue weighted by atomic mass is 19.1. The van der Waals surface area contributed by atoms with Crippen LogP contribution in [0.15, 0.2) is 65.6 Å². The van der Waals surface area contributed by atoms with Crippen molar-refractivity contribution < 1.29 is 9.18 Å². The summed E-state index contributed by atoms with van der Waals surface area (Å²) in [5.41, 5.74) is 16.4. The number of pyridine rings is 1. The molecule has 0 aliphatic heterocycles. The van der Waals surface area contributed by atoms with Gasteiger partial charge in [-0.2, -0.15) is 4.98 Å². The Morgan fingerprint density at radius 3 is 2.60 bits per heavy atom. The first-order valence-electron chi connectivity index (χ1n) is 11.2. The maximum absolute atomic E-state index is 14.6. The lowest BCUT2D eigenvalue weighted by Gasteiger charge is -2.15. The Morgan fingerprint density at radius 2 is 1.86 bits per heavy atom. The summed E-state index contributed by atoms with van der Waals surface area (Å²) < 4.78 is 15.9. The van der Waals surface area contributed by atoms with Gasteiger partial charge in [-0.3, -0.25) is 14.3 Å². The Morgan fingerprint density at radius 1 is 1.06 bits per heavy atom. The number of carbonyl (C=O) groups excluding carboxylic acids is 1. The molecule has 0 fully saturated rings. The number of fused-ring (bicyclic) bond motifs is 1. The molecule has 0 saturated carbocycles. The third kappa shape index (κ3) is 4.74. The first kappa shape index (κ1) is 22.3. The van der Waals surface area contributed by atoms with E-state index in [0.29, 0.717) is 16.9 Å². The Labute approximate surface area is 200 Å². The zero-order valence-corrected chi connectivity index (χ0v) is 18.8. The van der Waals surface area contributed by atoms with Crippen LogP contribution >= 0.6 is 0 Å². The highest BCUT2D eigenvalue weighted by Gasteiger charge is 2.19. The van der Waals surface area contributed by atoms with Crippen molar-refractivity contribution in [2.24, 2.45) is 5.73 Å². The van der Waals surface area contributed by atoms with Gasteiger partial charge in [0.1, 0.15) is 11.6 Å². The number of benzene rings is 2. The van der Waals surface area contributed by atoms with Crippen LogP contribution in [0.4, 0.5) is 21.6 Å². The van der Waals surface area contributed by atoms with Gasteiger partial charge < -0.3 is 16.8 Å². The lowest BCUT2D eigenvalue weighted by molar-refractivity contribution is -0.117. The predicted molar refractivity (Wildman–Crippen MR) is 132 cm³/mol. The first-order chi connectivity index (χ1) is 16.9. The van der Waals surface area contributed by atoms with E-state index < -0.39 is 11.5 Å². The fourth-order valence-corrected chi connectivity index (χ4v) is 4.34.